The number of rotatable bonds is 4. The standard InChI is InChI=1S/C18H20N8O/c1-13-20-15(12-27-13)11-24-9-5-14(6-10-24)18-22-21-16-3-4-17(23-26(16)18)25-8-2-7-19-25/h2-4,7-8,12,14H,5-6,9-11H2,1H3. The number of nitrogens with zero attached hydrogens (tertiary/aromatic N) is 8. The van der Waals surface area contributed by atoms with Crippen LogP contribution in [0.5, 0.6) is 0 Å². The van der Waals surface area contributed by atoms with E-state index in [1.807, 2.05) is 35.8 Å². The lowest BCUT2D eigenvalue weighted by Crippen LogP contribution is -2.33. The maximum atomic E-state index is 5.30. The van der Waals surface area contributed by atoms with E-state index in [-0.39, 0.29) is 0 Å². The number of aromatic nitrogens is 7. The van der Waals surface area contributed by atoms with E-state index in [2.05, 4.69) is 25.2 Å². The van der Waals surface area contributed by atoms with Gasteiger partial charge < -0.3 is 4.42 Å². The van der Waals surface area contributed by atoms with Crippen molar-refractivity contribution in [3.8, 4) is 5.82 Å². The predicted molar refractivity (Wildman–Crippen MR) is 96.4 cm³/mol. The molecule has 0 N–H and O–H groups in total. The van der Waals surface area contributed by atoms with Crippen LogP contribution in [-0.2, 0) is 6.54 Å². The van der Waals surface area contributed by atoms with Crippen molar-refractivity contribution >= 4 is 5.65 Å². The van der Waals surface area contributed by atoms with Gasteiger partial charge in [0, 0.05) is 31.8 Å². The van der Waals surface area contributed by atoms with Gasteiger partial charge in [-0.3, -0.25) is 4.90 Å². The minimum Gasteiger partial charge on any atom is -0.449 e. The third-order valence-corrected chi connectivity index (χ3v) is 5.02. The monoisotopic (exact) mass is 364 g/mol. The van der Waals surface area contributed by atoms with E-state index in [0.29, 0.717) is 11.8 Å². The molecule has 9 heteroatoms. The van der Waals surface area contributed by atoms with Crippen molar-refractivity contribution in [3.63, 3.8) is 0 Å². The van der Waals surface area contributed by atoms with Crippen LogP contribution >= 0.6 is 0 Å². The van der Waals surface area contributed by atoms with Crippen molar-refractivity contribution < 1.29 is 4.42 Å². The van der Waals surface area contributed by atoms with Gasteiger partial charge in [-0.2, -0.15) is 9.61 Å². The van der Waals surface area contributed by atoms with Crippen LogP contribution in [0.2, 0.25) is 0 Å². The zero-order valence-electron chi connectivity index (χ0n) is 15.1. The Bertz CT molecular complexity index is 1040. The molecule has 138 valence electrons. The summed E-state index contributed by atoms with van der Waals surface area (Å²) in [6, 6.07) is 5.72. The Morgan fingerprint density at radius 3 is 2.81 bits per heavy atom. The van der Waals surface area contributed by atoms with Crippen LogP contribution in [-0.4, -0.2) is 52.6 Å². The molecular formula is C18H20N8O. The van der Waals surface area contributed by atoms with E-state index in [4.69, 9.17) is 9.52 Å². The molecule has 0 bridgehead atoms. The summed E-state index contributed by atoms with van der Waals surface area (Å²) in [7, 11) is 0. The van der Waals surface area contributed by atoms with Gasteiger partial charge >= 0.3 is 0 Å². The van der Waals surface area contributed by atoms with Crippen LogP contribution < -0.4 is 0 Å². The summed E-state index contributed by atoms with van der Waals surface area (Å²) < 4.78 is 8.90. The van der Waals surface area contributed by atoms with Crippen LogP contribution in [0.25, 0.3) is 11.5 Å². The number of aryl methyl sites for hydroxylation is 1. The summed E-state index contributed by atoms with van der Waals surface area (Å²) >= 11 is 0. The second kappa shape index (κ2) is 6.58. The first kappa shape index (κ1) is 16.1. The molecular weight excluding hydrogens is 344 g/mol. The lowest BCUT2D eigenvalue weighted by atomic mass is 9.96. The van der Waals surface area contributed by atoms with E-state index >= 15 is 0 Å². The van der Waals surface area contributed by atoms with Crippen molar-refractivity contribution in [2.45, 2.75) is 32.2 Å². The molecule has 5 rings (SSSR count). The molecule has 0 saturated carbocycles. The van der Waals surface area contributed by atoms with E-state index in [0.717, 1.165) is 55.5 Å². The van der Waals surface area contributed by atoms with Crippen LogP contribution in [0.15, 0.2) is 41.3 Å². The molecule has 1 aliphatic rings. The van der Waals surface area contributed by atoms with Crippen molar-refractivity contribution in [2.75, 3.05) is 13.1 Å². The molecule has 0 unspecified atom stereocenters. The fourth-order valence-corrected chi connectivity index (χ4v) is 3.64. The average molecular weight is 364 g/mol. The summed E-state index contributed by atoms with van der Waals surface area (Å²) in [6.45, 7) is 4.68. The Balaban J connectivity index is 1.33. The number of hydrogen-bond acceptors (Lipinski definition) is 7. The second-order valence-electron chi connectivity index (χ2n) is 6.88. The van der Waals surface area contributed by atoms with Crippen molar-refractivity contribution in [2.24, 2.45) is 0 Å². The molecule has 0 atom stereocenters. The molecule has 9 nitrogen and oxygen atoms in total. The summed E-state index contributed by atoms with van der Waals surface area (Å²) in [5, 5.41) is 17.7. The summed E-state index contributed by atoms with van der Waals surface area (Å²) in [5.74, 6) is 2.74. The highest BCUT2D eigenvalue weighted by molar-refractivity contribution is 5.39. The van der Waals surface area contributed by atoms with Crippen LogP contribution in [0.3, 0.4) is 0 Å². The van der Waals surface area contributed by atoms with Crippen molar-refractivity contribution in [1.29, 1.82) is 0 Å². The van der Waals surface area contributed by atoms with Crippen LogP contribution in [0.1, 0.15) is 36.2 Å². The number of piperidine rings is 1. The first-order chi connectivity index (χ1) is 13.3. The smallest absolute Gasteiger partial charge is 0.191 e. The minimum atomic E-state index is 0.343. The predicted octanol–water partition coefficient (Wildman–Crippen LogP) is 1.99. The fraction of sp³-hybridized carbons (Fsp3) is 0.389. The van der Waals surface area contributed by atoms with Crippen molar-refractivity contribution in [1.82, 2.24) is 39.5 Å². The molecule has 0 aromatic carbocycles. The molecule has 5 heterocycles. The molecule has 0 radical (unpaired) electrons. The number of fused-ring (bicyclic) bond motifs is 1. The Morgan fingerprint density at radius 1 is 1.19 bits per heavy atom. The van der Waals surface area contributed by atoms with Gasteiger partial charge in [0.2, 0.25) is 0 Å². The number of likely N-dealkylation sites (tertiary alicyclic amines) is 1. The van der Waals surface area contributed by atoms with E-state index in [9.17, 15) is 0 Å². The first-order valence-electron chi connectivity index (χ1n) is 9.12. The Hall–Kier alpha value is -3.07. The highest BCUT2D eigenvalue weighted by atomic mass is 16.3. The topological polar surface area (TPSA) is 90.2 Å². The summed E-state index contributed by atoms with van der Waals surface area (Å²) in [5.41, 5.74) is 1.76. The maximum Gasteiger partial charge on any atom is 0.191 e. The van der Waals surface area contributed by atoms with Gasteiger partial charge in [0.1, 0.15) is 6.26 Å². The zero-order chi connectivity index (χ0) is 18.2. The van der Waals surface area contributed by atoms with Gasteiger partial charge in [0.25, 0.3) is 0 Å². The number of hydrogen-bond donors (Lipinski definition) is 0. The van der Waals surface area contributed by atoms with Gasteiger partial charge in [-0.15, -0.1) is 15.3 Å². The Morgan fingerprint density at radius 2 is 2.07 bits per heavy atom. The van der Waals surface area contributed by atoms with Crippen molar-refractivity contribution in [3.05, 3.63) is 54.3 Å². The average Bonchev–Trinajstić information content (AvgIpc) is 3.43. The van der Waals surface area contributed by atoms with E-state index < -0.39 is 0 Å². The molecule has 4 aromatic heterocycles. The molecule has 0 amide bonds. The highest BCUT2D eigenvalue weighted by Crippen LogP contribution is 2.27. The SMILES string of the molecule is Cc1nc(CN2CCC(c3nnc4ccc(-n5cccn5)nn34)CC2)co1. The second-order valence-corrected chi connectivity index (χ2v) is 6.88. The lowest BCUT2D eigenvalue weighted by Gasteiger charge is -2.30. The normalized spacial score (nSPS) is 16.3. The molecule has 4 aromatic rings. The minimum absolute atomic E-state index is 0.343. The quantitative estimate of drug-likeness (QED) is 0.547. The van der Waals surface area contributed by atoms with Gasteiger partial charge in [0.15, 0.2) is 23.2 Å². The van der Waals surface area contributed by atoms with Crippen LogP contribution in [0, 0.1) is 6.92 Å². The molecule has 1 fully saturated rings. The molecule has 0 aliphatic carbocycles. The van der Waals surface area contributed by atoms with E-state index in [1.165, 1.54) is 0 Å². The maximum absolute atomic E-state index is 5.30. The van der Waals surface area contributed by atoms with Gasteiger partial charge in [-0.1, -0.05) is 0 Å². The molecule has 27 heavy (non-hydrogen) atoms. The molecule has 0 spiro atoms. The van der Waals surface area contributed by atoms with Gasteiger partial charge in [-0.25, -0.2) is 9.67 Å². The number of oxazole rings is 1. The fourth-order valence-electron chi connectivity index (χ4n) is 3.64. The van der Waals surface area contributed by atoms with E-state index in [1.54, 1.807) is 17.1 Å². The highest BCUT2D eigenvalue weighted by Gasteiger charge is 2.25. The lowest BCUT2D eigenvalue weighted by molar-refractivity contribution is 0.198. The molecule has 1 saturated heterocycles. The van der Waals surface area contributed by atoms with Crippen LogP contribution in [0.4, 0.5) is 0 Å². The first-order valence-corrected chi connectivity index (χ1v) is 9.12. The largest absolute Gasteiger partial charge is 0.449 e. The third kappa shape index (κ3) is 3.10. The third-order valence-electron chi connectivity index (χ3n) is 5.02. The Labute approximate surface area is 155 Å². The summed E-state index contributed by atoms with van der Waals surface area (Å²) in [6.07, 6.45) is 7.40. The Kier molecular flexibility index (Phi) is 3.93. The van der Waals surface area contributed by atoms with Gasteiger partial charge in [0.05, 0.1) is 5.69 Å². The molecule has 1 aliphatic heterocycles. The zero-order valence-corrected chi connectivity index (χ0v) is 15.1. The van der Waals surface area contributed by atoms with Gasteiger partial charge in [-0.05, 0) is 44.1 Å². The summed E-state index contributed by atoms with van der Waals surface area (Å²) in [4.78, 5) is 6.80.